The molecular weight excluding hydrogens is 338 g/mol. The van der Waals surface area contributed by atoms with Gasteiger partial charge in [-0.15, -0.1) is 0 Å². The summed E-state index contributed by atoms with van der Waals surface area (Å²) in [5.41, 5.74) is 2.75. The molecule has 2 aliphatic rings. The SMILES string of the molecule is COc1cc(-c2ccccc2)ccc1C(=O)NCC1CCC(C2CO2)CC1. The van der Waals surface area contributed by atoms with Crippen molar-refractivity contribution in [3.63, 3.8) is 0 Å². The highest BCUT2D eigenvalue weighted by Crippen LogP contribution is 2.36. The van der Waals surface area contributed by atoms with Crippen molar-refractivity contribution >= 4 is 5.91 Å². The lowest BCUT2D eigenvalue weighted by Crippen LogP contribution is -2.32. The smallest absolute Gasteiger partial charge is 0.255 e. The zero-order chi connectivity index (χ0) is 18.6. The first-order chi connectivity index (χ1) is 13.2. The summed E-state index contributed by atoms with van der Waals surface area (Å²) >= 11 is 0. The van der Waals surface area contributed by atoms with Crippen LogP contribution in [0, 0.1) is 11.8 Å². The van der Waals surface area contributed by atoms with Gasteiger partial charge >= 0.3 is 0 Å². The van der Waals surface area contributed by atoms with Crippen molar-refractivity contribution in [2.45, 2.75) is 31.8 Å². The summed E-state index contributed by atoms with van der Waals surface area (Å²) in [4.78, 5) is 12.7. The van der Waals surface area contributed by atoms with Gasteiger partial charge in [0.15, 0.2) is 0 Å². The van der Waals surface area contributed by atoms with Gasteiger partial charge in [-0.25, -0.2) is 0 Å². The maximum Gasteiger partial charge on any atom is 0.255 e. The summed E-state index contributed by atoms with van der Waals surface area (Å²) in [6.07, 6.45) is 5.32. The van der Waals surface area contributed by atoms with Crippen LogP contribution in [0.2, 0.25) is 0 Å². The third-order valence-electron chi connectivity index (χ3n) is 5.88. The van der Waals surface area contributed by atoms with Crippen LogP contribution in [0.3, 0.4) is 0 Å². The van der Waals surface area contributed by atoms with Gasteiger partial charge in [-0.05, 0) is 60.8 Å². The van der Waals surface area contributed by atoms with Crippen molar-refractivity contribution in [3.8, 4) is 16.9 Å². The number of hydrogen-bond acceptors (Lipinski definition) is 3. The second-order valence-electron chi connectivity index (χ2n) is 7.64. The van der Waals surface area contributed by atoms with Crippen LogP contribution in [0.4, 0.5) is 0 Å². The van der Waals surface area contributed by atoms with Gasteiger partial charge in [-0.3, -0.25) is 4.79 Å². The molecule has 1 heterocycles. The summed E-state index contributed by atoms with van der Waals surface area (Å²) in [5.74, 6) is 1.86. The Bertz CT molecular complexity index is 777. The molecule has 2 aromatic carbocycles. The summed E-state index contributed by atoms with van der Waals surface area (Å²) in [7, 11) is 1.61. The zero-order valence-electron chi connectivity index (χ0n) is 15.8. The maximum absolute atomic E-state index is 12.7. The Kier molecular flexibility index (Phi) is 5.44. The second-order valence-corrected chi connectivity index (χ2v) is 7.64. The number of nitrogens with one attached hydrogen (secondary N) is 1. The minimum absolute atomic E-state index is 0.0564. The van der Waals surface area contributed by atoms with Gasteiger partial charge in [0.1, 0.15) is 5.75 Å². The Morgan fingerprint density at radius 3 is 2.48 bits per heavy atom. The van der Waals surface area contributed by atoms with Crippen molar-refractivity contribution in [2.24, 2.45) is 11.8 Å². The molecule has 2 fully saturated rings. The molecule has 1 N–H and O–H groups in total. The van der Waals surface area contributed by atoms with E-state index >= 15 is 0 Å². The lowest BCUT2D eigenvalue weighted by atomic mass is 9.80. The molecule has 4 nitrogen and oxygen atoms in total. The Hall–Kier alpha value is -2.33. The van der Waals surface area contributed by atoms with E-state index in [9.17, 15) is 4.79 Å². The molecule has 1 atom stereocenters. The first-order valence-electron chi connectivity index (χ1n) is 9.88. The predicted octanol–water partition coefficient (Wildman–Crippen LogP) is 4.30. The summed E-state index contributed by atoms with van der Waals surface area (Å²) in [5, 5.41) is 3.11. The van der Waals surface area contributed by atoms with Crippen LogP contribution in [-0.2, 0) is 4.74 Å². The molecule has 1 unspecified atom stereocenters. The summed E-state index contributed by atoms with van der Waals surface area (Å²) in [6.45, 7) is 1.69. The third-order valence-corrected chi connectivity index (χ3v) is 5.88. The normalized spacial score (nSPS) is 24.3. The molecule has 27 heavy (non-hydrogen) atoms. The fraction of sp³-hybridized carbons (Fsp3) is 0.435. The van der Waals surface area contributed by atoms with Crippen molar-refractivity contribution in [3.05, 3.63) is 54.1 Å². The van der Waals surface area contributed by atoms with Gasteiger partial charge in [0.05, 0.1) is 25.4 Å². The van der Waals surface area contributed by atoms with Gasteiger partial charge < -0.3 is 14.8 Å². The number of carbonyl (C=O) groups excluding carboxylic acids is 1. The standard InChI is InChI=1S/C23H27NO3/c1-26-21-13-19(17-5-3-2-4-6-17)11-12-20(21)23(25)24-14-16-7-9-18(10-8-16)22-15-27-22/h2-6,11-13,16,18,22H,7-10,14-15H2,1H3,(H,24,25). The molecule has 1 saturated heterocycles. The number of amides is 1. The number of epoxide rings is 1. The Labute approximate surface area is 160 Å². The van der Waals surface area contributed by atoms with Crippen molar-refractivity contribution in [1.82, 2.24) is 5.32 Å². The van der Waals surface area contributed by atoms with E-state index < -0.39 is 0 Å². The molecule has 0 bridgehead atoms. The lowest BCUT2D eigenvalue weighted by Gasteiger charge is -2.27. The molecule has 4 heteroatoms. The minimum Gasteiger partial charge on any atom is -0.496 e. The molecule has 1 aliphatic heterocycles. The molecule has 2 aromatic rings. The summed E-state index contributed by atoms with van der Waals surface area (Å²) in [6, 6.07) is 15.9. The largest absolute Gasteiger partial charge is 0.496 e. The highest BCUT2D eigenvalue weighted by molar-refractivity contribution is 5.97. The quantitative estimate of drug-likeness (QED) is 0.777. The fourth-order valence-corrected chi connectivity index (χ4v) is 4.11. The molecule has 142 valence electrons. The average molecular weight is 365 g/mol. The van der Waals surface area contributed by atoms with E-state index in [2.05, 4.69) is 17.4 Å². The Morgan fingerprint density at radius 1 is 1.07 bits per heavy atom. The van der Waals surface area contributed by atoms with Crippen molar-refractivity contribution in [2.75, 3.05) is 20.3 Å². The van der Waals surface area contributed by atoms with Gasteiger partial charge in [0.2, 0.25) is 0 Å². The van der Waals surface area contributed by atoms with E-state index in [1.54, 1.807) is 7.11 Å². The average Bonchev–Trinajstić information content (AvgIpc) is 3.58. The van der Waals surface area contributed by atoms with Gasteiger partial charge in [0, 0.05) is 6.54 Å². The number of carbonyl (C=O) groups is 1. The monoisotopic (exact) mass is 365 g/mol. The van der Waals surface area contributed by atoms with E-state index in [0.29, 0.717) is 23.3 Å². The van der Waals surface area contributed by atoms with Crippen LogP contribution < -0.4 is 10.1 Å². The van der Waals surface area contributed by atoms with Gasteiger partial charge in [-0.1, -0.05) is 36.4 Å². The van der Waals surface area contributed by atoms with Crippen LogP contribution >= 0.6 is 0 Å². The molecule has 0 aromatic heterocycles. The predicted molar refractivity (Wildman–Crippen MR) is 106 cm³/mol. The van der Waals surface area contributed by atoms with E-state index in [1.807, 2.05) is 36.4 Å². The number of rotatable bonds is 6. The molecule has 0 spiro atoms. The molecular formula is C23H27NO3. The third kappa shape index (κ3) is 4.33. The molecule has 1 saturated carbocycles. The highest BCUT2D eigenvalue weighted by Gasteiger charge is 2.35. The maximum atomic E-state index is 12.7. The van der Waals surface area contributed by atoms with Crippen molar-refractivity contribution in [1.29, 1.82) is 0 Å². The van der Waals surface area contributed by atoms with Gasteiger partial charge in [0.25, 0.3) is 5.91 Å². The first kappa shape index (κ1) is 18.1. The van der Waals surface area contributed by atoms with Crippen LogP contribution in [-0.4, -0.2) is 32.3 Å². The second kappa shape index (κ2) is 8.13. The molecule has 1 aliphatic carbocycles. The number of ether oxygens (including phenoxy) is 2. The Balaban J connectivity index is 1.36. The Morgan fingerprint density at radius 2 is 1.81 bits per heavy atom. The lowest BCUT2D eigenvalue weighted by molar-refractivity contribution is 0.0937. The van der Waals surface area contributed by atoms with Crippen LogP contribution in [0.5, 0.6) is 5.75 Å². The van der Waals surface area contributed by atoms with E-state index in [4.69, 9.17) is 9.47 Å². The van der Waals surface area contributed by atoms with E-state index in [0.717, 1.165) is 30.2 Å². The van der Waals surface area contributed by atoms with Crippen LogP contribution in [0.15, 0.2) is 48.5 Å². The molecule has 4 rings (SSSR count). The fourth-order valence-electron chi connectivity index (χ4n) is 4.11. The zero-order valence-corrected chi connectivity index (χ0v) is 15.8. The van der Waals surface area contributed by atoms with Gasteiger partial charge in [-0.2, -0.15) is 0 Å². The van der Waals surface area contributed by atoms with E-state index in [-0.39, 0.29) is 5.91 Å². The topological polar surface area (TPSA) is 50.9 Å². The summed E-state index contributed by atoms with van der Waals surface area (Å²) < 4.78 is 10.9. The van der Waals surface area contributed by atoms with Crippen LogP contribution in [0.25, 0.3) is 11.1 Å². The number of hydrogen-bond donors (Lipinski definition) is 1. The number of benzene rings is 2. The van der Waals surface area contributed by atoms with E-state index in [1.165, 1.54) is 25.7 Å². The number of methoxy groups -OCH3 is 1. The first-order valence-corrected chi connectivity index (χ1v) is 9.88. The highest BCUT2D eigenvalue weighted by atomic mass is 16.6. The molecule has 0 radical (unpaired) electrons. The van der Waals surface area contributed by atoms with Crippen molar-refractivity contribution < 1.29 is 14.3 Å². The minimum atomic E-state index is -0.0564. The molecule has 1 amide bonds. The van der Waals surface area contributed by atoms with Crippen LogP contribution in [0.1, 0.15) is 36.0 Å².